The van der Waals surface area contributed by atoms with Crippen molar-refractivity contribution in [1.82, 2.24) is 5.32 Å². The van der Waals surface area contributed by atoms with Crippen LogP contribution in [0.5, 0.6) is 0 Å². The summed E-state index contributed by atoms with van der Waals surface area (Å²) in [6, 6.07) is 0. The Bertz CT molecular complexity index is 420. The summed E-state index contributed by atoms with van der Waals surface area (Å²) in [5.74, 6) is 0. The van der Waals surface area contributed by atoms with Crippen molar-refractivity contribution >= 4 is 0 Å². The van der Waals surface area contributed by atoms with Crippen LogP contribution in [0.1, 0.15) is 48.5 Å². The molecule has 7 unspecified atom stereocenters. The molecule has 0 aromatic carbocycles. The lowest BCUT2D eigenvalue weighted by Crippen LogP contribution is -2.30. The van der Waals surface area contributed by atoms with Gasteiger partial charge in [-0.25, -0.2) is 0 Å². The Morgan fingerprint density at radius 1 is 0.469 bits per heavy atom. The summed E-state index contributed by atoms with van der Waals surface area (Å²) in [6.07, 6.45) is -0.0191. The molecule has 0 aromatic rings. The maximum absolute atomic E-state index is 5.84. The molecule has 0 rings (SSSR count). The van der Waals surface area contributed by atoms with E-state index < -0.39 is 0 Å². The van der Waals surface area contributed by atoms with Crippen molar-refractivity contribution in [3.05, 3.63) is 0 Å². The van der Waals surface area contributed by atoms with Gasteiger partial charge in [0, 0.05) is 6.54 Å². The van der Waals surface area contributed by atoms with E-state index in [9.17, 15) is 0 Å². The molecule has 0 aliphatic heterocycles. The minimum absolute atomic E-state index is 0.00261. The van der Waals surface area contributed by atoms with Crippen molar-refractivity contribution in [2.24, 2.45) is 5.73 Å². The molecule has 0 heterocycles. The minimum atomic E-state index is -0.0338. The molecule has 0 radical (unpaired) electrons. The van der Waals surface area contributed by atoms with Crippen LogP contribution in [0.4, 0.5) is 0 Å². The normalized spacial score (nSPS) is 18.7. The average Bonchev–Trinajstić information content (AvgIpc) is 2.78. The molecule has 0 amide bonds. The third-order valence-electron chi connectivity index (χ3n) is 4.54. The summed E-state index contributed by atoms with van der Waals surface area (Å²) in [5, 5.41) is 2.95. The van der Waals surface area contributed by atoms with E-state index in [-0.39, 0.29) is 42.7 Å². The third kappa shape index (κ3) is 19.1. The topological polar surface area (TPSA) is 103 Å². The molecule has 194 valence electrons. The van der Waals surface area contributed by atoms with Gasteiger partial charge in [-0.05, 0) is 55.5 Å². The van der Waals surface area contributed by atoms with Crippen LogP contribution >= 0.6 is 0 Å². The first-order valence-electron chi connectivity index (χ1n) is 11.8. The van der Waals surface area contributed by atoms with E-state index in [1.807, 2.05) is 55.5 Å². The van der Waals surface area contributed by atoms with Crippen molar-refractivity contribution in [3.8, 4) is 0 Å². The molecule has 0 aliphatic rings. The lowest BCUT2D eigenvalue weighted by Gasteiger charge is -2.22. The molecule has 0 fully saturated rings. The summed E-state index contributed by atoms with van der Waals surface area (Å²) < 4.78 is 40.1. The number of hydrogen-bond donors (Lipinski definition) is 2. The highest BCUT2D eigenvalue weighted by Gasteiger charge is 2.13. The van der Waals surface area contributed by atoms with Crippen LogP contribution in [0.15, 0.2) is 0 Å². The van der Waals surface area contributed by atoms with Crippen LogP contribution in [0.2, 0.25) is 0 Å². The second-order valence-electron chi connectivity index (χ2n) is 8.57. The first kappa shape index (κ1) is 31.6. The Hall–Kier alpha value is -0.360. The van der Waals surface area contributed by atoms with Crippen molar-refractivity contribution in [2.45, 2.75) is 91.2 Å². The maximum Gasteiger partial charge on any atom is 0.0967 e. The lowest BCUT2D eigenvalue weighted by atomic mass is 10.3. The molecule has 0 spiro atoms. The van der Waals surface area contributed by atoms with Gasteiger partial charge in [0.15, 0.2) is 0 Å². The minimum Gasteiger partial charge on any atom is -0.375 e. The Morgan fingerprint density at radius 3 is 0.969 bits per heavy atom. The molecular formula is C23H50N2O7. The molecule has 9 nitrogen and oxygen atoms in total. The largest absolute Gasteiger partial charge is 0.375 e. The molecule has 0 aliphatic carbocycles. The van der Waals surface area contributed by atoms with E-state index >= 15 is 0 Å². The van der Waals surface area contributed by atoms with Crippen LogP contribution in [0.3, 0.4) is 0 Å². The Morgan fingerprint density at radius 2 is 0.719 bits per heavy atom. The van der Waals surface area contributed by atoms with Crippen molar-refractivity contribution < 1.29 is 33.2 Å². The van der Waals surface area contributed by atoms with Crippen molar-refractivity contribution in [2.75, 3.05) is 60.0 Å². The number of nitrogens with two attached hydrogens (primary N) is 1. The summed E-state index contributed by atoms with van der Waals surface area (Å²) in [6.45, 7) is 18.0. The van der Waals surface area contributed by atoms with Crippen molar-refractivity contribution in [1.29, 1.82) is 0 Å². The maximum atomic E-state index is 5.84. The smallest absolute Gasteiger partial charge is 0.0967 e. The standard InChI is InChI=1S/C23H50N2O7/c1-17(9-24)26-10-18(2)27-11-19(3)28-12-20(4)29-13-21(5)30-14-22(6)31-15-23(7)32-16-25-8/h17-23,25H,9-16,24H2,1-8H3. The quantitative estimate of drug-likeness (QED) is 0.232. The van der Waals surface area contributed by atoms with E-state index in [1.165, 1.54) is 0 Å². The molecule has 0 saturated heterocycles. The van der Waals surface area contributed by atoms with Gasteiger partial charge in [-0.15, -0.1) is 0 Å². The fraction of sp³-hybridized carbons (Fsp3) is 1.00. The fourth-order valence-electron chi connectivity index (χ4n) is 2.38. The molecule has 3 N–H and O–H groups in total. The predicted octanol–water partition coefficient (Wildman–Crippen LogP) is 1.96. The first-order valence-corrected chi connectivity index (χ1v) is 11.8. The third-order valence-corrected chi connectivity index (χ3v) is 4.54. The molecule has 0 bridgehead atoms. The van der Waals surface area contributed by atoms with E-state index in [0.29, 0.717) is 52.9 Å². The molecule has 7 atom stereocenters. The highest BCUT2D eigenvalue weighted by atomic mass is 16.6. The molecule has 0 aromatic heterocycles. The van der Waals surface area contributed by atoms with Gasteiger partial charge in [0.1, 0.15) is 0 Å². The SMILES string of the molecule is CNCOC(C)COC(C)COC(C)COC(C)COC(C)COC(C)COC(C)CN. The zero-order valence-corrected chi connectivity index (χ0v) is 21.6. The van der Waals surface area contributed by atoms with Crippen LogP contribution in [-0.4, -0.2) is 103 Å². The average molecular weight is 467 g/mol. The van der Waals surface area contributed by atoms with Crippen LogP contribution < -0.4 is 11.1 Å². The van der Waals surface area contributed by atoms with E-state index in [2.05, 4.69) is 5.32 Å². The highest BCUT2D eigenvalue weighted by molar-refractivity contribution is 4.59. The van der Waals surface area contributed by atoms with Crippen LogP contribution in [0.25, 0.3) is 0 Å². The van der Waals surface area contributed by atoms with Gasteiger partial charge in [0.25, 0.3) is 0 Å². The van der Waals surface area contributed by atoms with Gasteiger partial charge in [-0.3, -0.25) is 5.32 Å². The number of rotatable bonds is 22. The molecule has 9 heteroatoms. The number of nitrogens with one attached hydrogen (secondary N) is 1. The van der Waals surface area contributed by atoms with Gasteiger partial charge >= 0.3 is 0 Å². The Kier molecular flexibility index (Phi) is 19.8. The zero-order chi connectivity index (χ0) is 24.4. The van der Waals surface area contributed by atoms with Gasteiger partial charge < -0.3 is 38.9 Å². The first-order chi connectivity index (χ1) is 15.2. The summed E-state index contributed by atoms with van der Waals surface area (Å²) in [4.78, 5) is 0. The summed E-state index contributed by atoms with van der Waals surface area (Å²) >= 11 is 0. The second kappa shape index (κ2) is 20.1. The molecular weight excluding hydrogens is 416 g/mol. The summed E-state index contributed by atoms with van der Waals surface area (Å²) in [5.41, 5.74) is 5.54. The second-order valence-corrected chi connectivity index (χ2v) is 8.57. The van der Waals surface area contributed by atoms with Gasteiger partial charge in [-0.2, -0.15) is 0 Å². The molecule has 0 saturated carbocycles. The summed E-state index contributed by atoms with van der Waals surface area (Å²) in [7, 11) is 1.85. The van der Waals surface area contributed by atoms with E-state index in [1.54, 1.807) is 0 Å². The Balaban J connectivity index is 3.79. The Labute approximate surface area is 195 Å². The highest BCUT2D eigenvalue weighted by Crippen LogP contribution is 2.04. The number of ether oxygens (including phenoxy) is 7. The van der Waals surface area contributed by atoms with Gasteiger partial charge in [-0.1, -0.05) is 0 Å². The van der Waals surface area contributed by atoms with Crippen LogP contribution in [0, 0.1) is 0 Å². The van der Waals surface area contributed by atoms with Gasteiger partial charge in [0.2, 0.25) is 0 Å². The van der Waals surface area contributed by atoms with Crippen LogP contribution in [-0.2, 0) is 33.2 Å². The number of hydrogen-bond acceptors (Lipinski definition) is 9. The van der Waals surface area contributed by atoms with Crippen molar-refractivity contribution in [3.63, 3.8) is 0 Å². The fourth-order valence-corrected chi connectivity index (χ4v) is 2.38. The van der Waals surface area contributed by atoms with E-state index in [0.717, 1.165) is 0 Å². The zero-order valence-electron chi connectivity index (χ0n) is 21.6. The molecule has 32 heavy (non-hydrogen) atoms. The van der Waals surface area contributed by atoms with Gasteiger partial charge in [0.05, 0.1) is 89.1 Å². The predicted molar refractivity (Wildman–Crippen MR) is 126 cm³/mol. The van der Waals surface area contributed by atoms with E-state index in [4.69, 9.17) is 38.9 Å². The lowest BCUT2D eigenvalue weighted by molar-refractivity contribution is -0.105. The monoisotopic (exact) mass is 466 g/mol.